The van der Waals surface area contributed by atoms with Gasteiger partial charge in [-0.15, -0.1) is 0 Å². The van der Waals surface area contributed by atoms with Gasteiger partial charge in [0.1, 0.15) is 0 Å². The van der Waals surface area contributed by atoms with E-state index in [2.05, 4.69) is 13.0 Å². The van der Waals surface area contributed by atoms with Crippen LogP contribution in [0, 0.1) is 0 Å². The number of halogens is 1. The average molecular weight is 371 g/mol. The summed E-state index contributed by atoms with van der Waals surface area (Å²) in [5.41, 5.74) is 3.08. The smallest absolute Gasteiger partial charge is 0.229 e. The van der Waals surface area contributed by atoms with Gasteiger partial charge in [0, 0.05) is 43.2 Å². The molecule has 5 heteroatoms. The lowest BCUT2D eigenvalue weighted by Gasteiger charge is -2.26. The number of rotatable bonds is 5. The van der Waals surface area contributed by atoms with Gasteiger partial charge in [0.25, 0.3) is 0 Å². The molecule has 1 aliphatic rings. The SMILES string of the molecule is CC(=O)N(CCC(=O)N1c2ccccc2CC1C)Cc1ccccc1Cl. The van der Waals surface area contributed by atoms with E-state index >= 15 is 0 Å². The molecule has 0 aliphatic carbocycles. The van der Waals surface area contributed by atoms with Crippen molar-refractivity contribution in [3.63, 3.8) is 0 Å². The maximum absolute atomic E-state index is 12.8. The van der Waals surface area contributed by atoms with Gasteiger partial charge in [0.2, 0.25) is 11.8 Å². The number of amides is 2. The molecule has 3 rings (SSSR count). The van der Waals surface area contributed by atoms with E-state index in [1.165, 1.54) is 12.5 Å². The maximum Gasteiger partial charge on any atom is 0.229 e. The van der Waals surface area contributed by atoms with E-state index in [1.54, 1.807) is 4.90 Å². The molecule has 2 aromatic carbocycles. The summed E-state index contributed by atoms with van der Waals surface area (Å²) in [5.74, 6) is -0.0135. The highest BCUT2D eigenvalue weighted by molar-refractivity contribution is 6.31. The molecule has 0 bridgehead atoms. The summed E-state index contributed by atoms with van der Waals surface area (Å²) in [6.07, 6.45) is 1.17. The van der Waals surface area contributed by atoms with Crippen LogP contribution in [0.15, 0.2) is 48.5 Å². The Hall–Kier alpha value is -2.33. The minimum Gasteiger partial charge on any atom is -0.338 e. The van der Waals surface area contributed by atoms with Crippen LogP contribution in [-0.2, 0) is 22.6 Å². The van der Waals surface area contributed by atoms with Crippen molar-refractivity contribution in [2.45, 2.75) is 39.3 Å². The van der Waals surface area contributed by atoms with E-state index in [0.29, 0.717) is 24.5 Å². The van der Waals surface area contributed by atoms with E-state index in [1.807, 2.05) is 47.4 Å². The Labute approximate surface area is 159 Å². The predicted molar refractivity (Wildman–Crippen MR) is 104 cm³/mol. The van der Waals surface area contributed by atoms with E-state index in [4.69, 9.17) is 11.6 Å². The van der Waals surface area contributed by atoms with Crippen LogP contribution < -0.4 is 4.90 Å². The van der Waals surface area contributed by atoms with Crippen molar-refractivity contribution in [2.75, 3.05) is 11.4 Å². The molecule has 1 unspecified atom stereocenters. The standard InChI is InChI=1S/C21H23ClN2O2/c1-15-13-17-7-4-6-10-20(17)24(15)21(26)11-12-23(16(2)25)14-18-8-3-5-9-19(18)22/h3-10,15H,11-14H2,1-2H3. The normalized spacial score (nSPS) is 15.7. The van der Waals surface area contributed by atoms with Gasteiger partial charge in [0.15, 0.2) is 0 Å². The second-order valence-corrected chi connectivity index (χ2v) is 7.13. The molecular weight excluding hydrogens is 348 g/mol. The Balaban J connectivity index is 1.67. The number of nitrogens with zero attached hydrogens (tertiary/aromatic N) is 2. The molecule has 0 spiro atoms. The third kappa shape index (κ3) is 3.91. The van der Waals surface area contributed by atoms with Crippen molar-refractivity contribution in [1.29, 1.82) is 0 Å². The van der Waals surface area contributed by atoms with Crippen molar-refractivity contribution in [3.05, 3.63) is 64.7 Å². The summed E-state index contributed by atoms with van der Waals surface area (Å²) >= 11 is 6.20. The number of para-hydroxylation sites is 1. The van der Waals surface area contributed by atoms with Gasteiger partial charge in [-0.25, -0.2) is 0 Å². The van der Waals surface area contributed by atoms with Crippen molar-refractivity contribution in [2.24, 2.45) is 0 Å². The average Bonchev–Trinajstić information content (AvgIpc) is 2.95. The second-order valence-electron chi connectivity index (χ2n) is 6.73. The molecule has 26 heavy (non-hydrogen) atoms. The number of hydrogen-bond acceptors (Lipinski definition) is 2. The summed E-state index contributed by atoms with van der Waals surface area (Å²) in [4.78, 5) is 28.4. The number of fused-ring (bicyclic) bond motifs is 1. The molecular formula is C21H23ClN2O2. The molecule has 1 atom stereocenters. The Morgan fingerprint density at radius 2 is 1.85 bits per heavy atom. The summed E-state index contributed by atoms with van der Waals surface area (Å²) in [6, 6.07) is 15.6. The van der Waals surface area contributed by atoms with Crippen molar-refractivity contribution in [1.82, 2.24) is 4.90 Å². The van der Waals surface area contributed by atoms with Crippen molar-refractivity contribution >= 4 is 29.1 Å². The summed E-state index contributed by atoms with van der Waals surface area (Å²) in [7, 11) is 0. The summed E-state index contributed by atoms with van der Waals surface area (Å²) < 4.78 is 0. The van der Waals surface area contributed by atoms with Crippen LogP contribution in [0.2, 0.25) is 5.02 Å². The summed E-state index contributed by atoms with van der Waals surface area (Å²) in [5, 5.41) is 0.632. The fraction of sp³-hybridized carbons (Fsp3) is 0.333. The topological polar surface area (TPSA) is 40.6 Å². The first-order valence-corrected chi connectivity index (χ1v) is 9.24. The number of carbonyl (C=O) groups is 2. The van der Waals surface area contributed by atoms with Gasteiger partial charge in [0.05, 0.1) is 0 Å². The number of benzene rings is 2. The van der Waals surface area contributed by atoms with Crippen LogP contribution in [0.3, 0.4) is 0 Å². The predicted octanol–water partition coefficient (Wildman–Crippen LogP) is 4.06. The molecule has 0 saturated heterocycles. The zero-order valence-corrected chi connectivity index (χ0v) is 15.9. The number of hydrogen-bond donors (Lipinski definition) is 0. The quantitative estimate of drug-likeness (QED) is 0.796. The number of carbonyl (C=O) groups excluding carboxylic acids is 2. The maximum atomic E-state index is 12.8. The van der Waals surface area contributed by atoms with Gasteiger partial charge < -0.3 is 9.80 Å². The van der Waals surface area contributed by atoms with E-state index in [-0.39, 0.29) is 17.9 Å². The van der Waals surface area contributed by atoms with E-state index < -0.39 is 0 Å². The lowest BCUT2D eigenvalue weighted by atomic mass is 10.1. The first kappa shape index (κ1) is 18.5. The van der Waals surface area contributed by atoms with Gasteiger partial charge in [-0.05, 0) is 36.6 Å². The molecule has 4 nitrogen and oxygen atoms in total. The van der Waals surface area contributed by atoms with Crippen LogP contribution in [-0.4, -0.2) is 29.3 Å². The Kier molecular flexibility index (Phi) is 5.62. The van der Waals surface area contributed by atoms with Crippen LogP contribution in [0.25, 0.3) is 0 Å². The molecule has 0 N–H and O–H groups in total. The third-order valence-corrected chi connectivity index (χ3v) is 5.20. The van der Waals surface area contributed by atoms with Crippen LogP contribution in [0.1, 0.15) is 31.4 Å². The van der Waals surface area contributed by atoms with E-state index in [0.717, 1.165) is 17.7 Å². The molecule has 2 aromatic rings. The molecule has 1 heterocycles. The zero-order valence-electron chi connectivity index (χ0n) is 15.1. The van der Waals surface area contributed by atoms with Gasteiger partial charge in [-0.1, -0.05) is 48.0 Å². The molecule has 0 radical (unpaired) electrons. The molecule has 2 amide bonds. The highest BCUT2D eigenvalue weighted by Gasteiger charge is 2.30. The number of anilines is 1. The largest absolute Gasteiger partial charge is 0.338 e. The highest BCUT2D eigenvalue weighted by Crippen LogP contribution is 2.32. The van der Waals surface area contributed by atoms with Crippen molar-refractivity contribution < 1.29 is 9.59 Å². The van der Waals surface area contributed by atoms with E-state index in [9.17, 15) is 9.59 Å². The molecule has 136 valence electrons. The molecule has 0 saturated carbocycles. The lowest BCUT2D eigenvalue weighted by molar-refractivity contribution is -0.130. The molecule has 1 aliphatic heterocycles. The molecule has 0 aromatic heterocycles. The van der Waals surface area contributed by atoms with Gasteiger partial charge in [-0.3, -0.25) is 9.59 Å². The van der Waals surface area contributed by atoms with Crippen LogP contribution in [0.4, 0.5) is 5.69 Å². The Bertz CT molecular complexity index is 821. The Morgan fingerprint density at radius 1 is 1.15 bits per heavy atom. The van der Waals surface area contributed by atoms with Crippen LogP contribution >= 0.6 is 11.6 Å². The fourth-order valence-electron chi connectivity index (χ4n) is 3.48. The first-order chi connectivity index (χ1) is 12.5. The highest BCUT2D eigenvalue weighted by atomic mass is 35.5. The lowest BCUT2D eigenvalue weighted by Crippen LogP contribution is -2.39. The third-order valence-electron chi connectivity index (χ3n) is 4.84. The fourth-order valence-corrected chi connectivity index (χ4v) is 3.67. The Morgan fingerprint density at radius 3 is 2.58 bits per heavy atom. The monoisotopic (exact) mass is 370 g/mol. The minimum absolute atomic E-state index is 0.0489. The zero-order chi connectivity index (χ0) is 18.7. The minimum atomic E-state index is -0.0624. The first-order valence-electron chi connectivity index (χ1n) is 8.86. The van der Waals surface area contributed by atoms with Gasteiger partial charge in [-0.2, -0.15) is 0 Å². The summed E-state index contributed by atoms with van der Waals surface area (Å²) in [6.45, 7) is 4.37. The van der Waals surface area contributed by atoms with Gasteiger partial charge >= 0.3 is 0 Å². The second kappa shape index (κ2) is 7.92. The van der Waals surface area contributed by atoms with Crippen LogP contribution in [0.5, 0.6) is 0 Å². The van der Waals surface area contributed by atoms with Crippen molar-refractivity contribution in [3.8, 4) is 0 Å². The molecule has 0 fully saturated rings.